The van der Waals surface area contributed by atoms with Crippen molar-refractivity contribution in [1.29, 1.82) is 0 Å². The van der Waals surface area contributed by atoms with Crippen LogP contribution in [-0.2, 0) is 11.2 Å². The molecule has 0 aliphatic heterocycles. The first-order valence-corrected chi connectivity index (χ1v) is 7.75. The van der Waals surface area contributed by atoms with Crippen molar-refractivity contribution in [2.75, 3.05) is 20.2 Å². The standard InChI is InChI=1S/C17H28N2O2.ClH/c1-14(12-18)13-19-17(20)7-5-3-4-6-15-8-10-16(21-2)11-9-15;/h8-11,14H,3-7,12-13,18H2,1-2H3,(H,19,20);1H. The lowest BCUT2D eigenvalue weighted by atomic mass is 10.1. The molecule has 0 aromatic heterocycles. The zero-order valence-corrected chi connectivity index (χ0v) is 14.5. The summed E-state index contributed by atoms with van der Waals surface area (Å²) in [6, 6.07) is 8.17. The number of ether oxygens (including phenoxy) is 1. The molecule has 126 valence electrons. The monoisotopic (exact) mass is 328 g/mol. The summed E-state index contributed by atoms with van der Waals surface area (Å²) in [7, 11) is 1.67. The molecule has 3 N–H and O–H groups in total. The van der Waals surface area contributed by atoms with E-state index in [0.717, 1.165) is 31.4 Å². The van der Waals surface area contributed by atoms with E-state index in [1.165, 1.54) is 5.56 Å². The van der Waals surface area contributed by atoms with Gasteiger partial charge in [-0.3, -0.25) is 4.79 Å². The number of rotatable bonds is 10. The van der Waals surface area contributed by atoms with Gasteiger partial charge in [0.2, 0.25) is 5.91 Å². The summed E-state index contributed by atoms with van der Waals surface area (Å²) < 4.78 is 5.13. The van der Waals surface area contributed by atoms with Gasteiger partial charge in [-0.05, 0) is 49.4 Å². The number of amides is 1. The molecule has 22 heavy (non-hydrogen) atoms. The van der Waals surface area contributed by atoms with E-state index in [-0.39, 0.29) is 18.3 Å². The first kappa shape index (κ1) is 20.7. The van der Waals surface area contributed by atoms with Crippen molar-refractivity contribution >= 4 is 18.3 Å². The predicted octanol–water partition coefficient (Wildman–Crippen LogP) is 2.93. The van der Waals surface area contributed by atoms with E-state index >= 15 is 0 Å². The fraction of sp³-hybridized carbons (Fsp3) is 0.588. The second kappa shape index (κ2) is 12.3. The first-order valence-electron chi connectivity index (χ1n) is 7.75. The molecule has 0 spiro atoms. The minimum atomic E-state index is 0. The Labute approximate surface area is 140 Å². The van der Waals surface area contributed by atoms with Crippen LogP contribution in [0, 0.1) is 5.92 Å². The molecule has 0 heterocycles. The number of aryl methyl sites for hydroxylation is 1. The maximum absolute atomic E-state index is 11.6. The van der Waals surface area contributed by atoms with Gasteiger partial charge in [0.25, 0.3) is 0 Å². The Morgan fingerprint density at radius 2 is 1.91 bits per heavy atom. The van der Waals surface area contributed by atoms with Crippen molar-refractivity contribution < 1.29 is 9.53 Å². The first-order chi connectivity index (χ1) is 10.2. The van der Waals surface area contributed by atoms with E-state index in [1.807, 2.05) is 19.1 Å². The van der Waals surface area contributed by atoms with Crippen LogP contribution in [0.2, 0.25) is 0 Å². The van der Waals surface area contributed by atoms with Gasteiger partial charge in [-0.15, -0.1) is 12.4 Å². The van der Waals surface area contributed by atoms with Gasteiger partial charge in [0, 0.05) is 13.0 Å². The number of carbonyl (C=O) groups is 1. The van der Waals surface area contributed by atoms with Gasteiger partial charge in [0.1, 0.15) is 5.75 Å². The van der Waals surface area contributed by atoms with Crippen molar-refractivity contribution in [3.63, 3.8) is 0 Å². The summed E-state index contributed by atoms with van der Waals surface area (Å²) in [4.78, 5) is 11.6. The van der Waals surface area contributed by atoms with Crippen LogP contribution >= 0.6 is 12.4 Å². The van der Waals surface area contributed by atoms with Crippen LogP contribution in [0.25, 0.3) is 0 Å². The quantitative estimate of drug-likeness (QED) is 0.649. The molecule has 0 bridgehead atoms. The predicted molar refractivity (Wildman–Crippen MR) is 93.6 cm³/mol. The van der Waals surface area contributed by atoms with Crippen LogP contribution < -0.4 is 15.8 Å². The van der Waals surface area contributed by atoms with E-state index in [1.54, 1.807) is 7.11 Å². The second-order valence-corrected chi connectivity index (χ2v) is 5.55. The van der Waals surface area contributed by atoms with E-state index in [0.29, 0.717) is 25.4 Å². The van der Waals surface area contributed by atoms with Crippen molar-refractivity contribution in [2.24, 2.45) is 11.7 Å². The van der Waals surface area contributed by atoms with E-state index in [2.05, 4.69) is 17.4 Å². The molecular formula is C17H29ClN2O2. The SMILES string of the molecule is COc1ccc(CCCCCC(=O)NCC(C)CN)cc1.Cl. The molecule has 1 atom stereocenters. The maximum atomic E-state index is 11.6. The zero-order valence-electron chi connectivity index (χ0n) is 13.6. The minimum Gasteiger partial charge on any atom is -0.497 e. The lowest BCUT2D eigenvalue weighted by molar-refractivity contribution is -0.121. The molecule has 1 rings (SSSR count). The third-order valence-corrected chi connectivity index (χ3v) is 3.58. The van der Waals surface area contributed by atoms with Gasteiger partial charge in [0.15, 0.2) is 0 Å². The van der Waals surface area contributed by atoms with Crippen LogP contribution in [0.15, 0.2) is 24.3 Å². The number of unbranched alkanes of at least 4 members (excludes halogenated alkanes) is 2. The number of hydrogen-bond donors (Lipinski definition) is 2. The number of nitrogens with two attached hydrogens (primary N) is 1. The lowest BCUT2D eigenvalue weighted by Crippen LogP contribution is -2.31. The molecule has 0 saturated carbocycles. The molecule has 5 heteroatoms. The summed E-state index contributed by atoms with van der Waals surface area (Å²) >= 11 is 0. The van der Waals surface area contributed by atoms with E-state index < -0.39 is 0 Å². The molecule has 4 nitrogen and oxygen atoms in total. The topological polar surface area (TPSA) is 64.3 Å². The summed E-state index contributed by atoms with van der Waals surface area (Å²) in [6.07, 6.45) is 4.79. The average molecular weight is 329 g/mol. The van der Waals surface area contributed by atoms with Gasteiger partial charge >= 0.3 is 0 Å². The van der Waals surface area contributed by atoms with Crippen LogP contribution in [0.5, 0.6) is 5.75 Å². The number of nitrogens with one attached hydrogen (secondary N) is 1. The van der Waals surface area contributed by atoms with Crippen LogP contribution in [-0.4, -0.2) is 26.1 Å². The number of halogens is 1. The summed E-state index contributed by atoms with van der Waals surface area (Å²) in [5.41, 5.74) is 6.83. The van der Waals surface area contributed by atoms with Crippen molar-refractivity contribution in [1.82, 2.24) is 5.32 Å². The van der Waals surface area contributed by atoms with Crippen LogP contribution in [0.1, 0.15) is 38.2 Å². The molecule has 0 aliphatic rings. The molecule has 0 radical (unpaired) electrons. The largest absolute Gasteiger partial charge is 0.497 e. The molecule has 1 amide bonds. The van der Waals surface area contributed by atoms with Crippen molar-refractivity contribution in [3.8, 4) is 5.75 Å². The highest BCUT2D eigenvalue weighted by Crippen LogP contribution is 2.13. The van der Waals surface area contributed by atoms with Gasteiger partial charge in [-0.1, -0.05) is 25.5 Å². The molecule has 0 fully saturated rings. The fourth-order valence-corrected chi connectivity index (χ4v) is 2.04. The van der Waals surface area contributed by atoms with Gasteiger partial charge in [-0.2, -0.15) is 0 Å². The number of benzene rings is 1. The summed E-state index contributed by atoms with van der Waals surface area (Å²) in [5, 5.41) is 2.92. The molecule has 1 unspecified atom stereocenters. The van der Waals surface area contributed by atoms with Gasteiger partial charge in [-0.25, -0.2) is 0 Å². The number of hydrogen-bond acceptors (Lipinski definition) is 3. The smallest absolute Gasteiger partial charge is 0.220 e. The Balaban J connectivity index is 0.00000441. The third kappa shape index (κ3) is 8.90. The highest BCUT2D eigenvalue weighted by molar-refractivity contribution is 5.85. The van der Waals surface area contributed by atoms with Gasteiger partial charge in [0.05, 0.1) is 7.11 Å². The number of methoxy groups -OCH3 is 1. The minimum absolute atomic E-state index is 0. The number of carbonyl (C=O) groups excluding carboxylic acids is 1. The Kier molecular flexibility index (Phi) is 11.6. The molecule has 0 saturated heterocycles. The van der Waals surface area contributed by atoms with Crippen molar-refractivity contribution in [2.45, 2.75) is 39.0 Å². The summed E-state index contributed by atoms with van der Waals surface area (Å²) in [5.74, 6) is 1.38. The summed E-state index contributed by atoms with van der Waals surface area (Å²) in [6.45, 7) is 3.33. The fourth-order valence-electron chi connectivity index (χ4n) is 2.04. The average Bonchev–Trinajstić information content (AvgIpc) is 2.52. The van der Waals surface area contributed by atoms with Crippen LogP contribution in [0.3, 0.4) is 0 Å². The highest BCUT2D eigenvalue weighted by Gasteiger charge is 2.04. The Morgan fingerprint density at radius 1 is 1.23 bits per heavy atom. The Bertz CT molecular complexity index is 410. The van der Waals surface area contributed by atoms with Gasteiger partial charge < -0.3 is 15.8 Å². The Hall–Kier alpha value is -1.26. The van der Waals surface area contributed by atoms with E-state index in [4.69, 9.17) is 10.5 Å². The third-order valence-electron chi connectivity index (χ3n) is 3.58. The lowest BCUT2D eigenvalue weighted by Gasteiger charge is -2.09. The van der Waals surface area contributed by atoms with Crippen molar-refractivity contribution in [3.05, 3.63) is 29.8 Å². The zero-order chi connectivity index (χ0) is 15.5. The van der Waals surface area contributed by atoms with E-state index in [9.17, 15) is 4.79 Å². The molecule has 1 aromatic carbocycles. The Morgan fingerprint density at radius 3 is 2.50 bits per heavy atom. The normalized spacial score (nSPS) is 11.4. The molecular weight excluding hydrogens is 300 g/mol. The molecule has 1 aromatic rings. The second-order valence-electron chi connectivity index (χ2n) is 5.55. The maximum Gasteiger partial charge on any atom is 0.220 e. The highest BCUT2D eigenvalue weighted by atomic mass is 35.5. The molecule has 0 aliphatic carbocycles. The van der Waals surface area contributed by atoms with Crippen LogP contribution in [0.4, 0.5) is 0 Å².